The van der Waals surface area contributed by atoms with Gasteiger partial charge in [0.25, 0.3) is 0 Å². The lowest BCUT2D eigenvalue weighted by Crippen LogP contribution is -2.07. The third kappa shape index (κ3) is 3.17. The Bertz CT molecular complexity index is 527. The molecule has 0 saturated heterocycles. The van der Waals surface area contributed by atoms with Crippen molar-refractivity contribution < 1.29 is 4.39 Å². The van der Waals surface area contributed by atoms with Crippen molar-refractivity contribution in [3.8, 4) is 0 Å². The minimum absolute atomic E-state index is 0.234. The number of nitrogens with zero attached hydrogens (tertiary/aromatic N) is 2. The Hall–Kier alpha value is -2.16. The van der Waals surface area contributed by atoms with E-state index in [9.17, 15) is 4.39 Å². The molecule has 18 heavy (non-hydrogen) atoms. The van der Waals surface area contributed by atoms with Crippen molar-refractivity contribution in [2.45, 2.75) is 0 Å². The molecule has 92 valence electrons. The first-order valence-corrected chi connectivity index (χ1v) is 5.72. The van der Waals surface area contributed by atoms with E-state index in [1.54, 1.807) is 18.3 Å². The van der Waals surface area contributed by atoms with Crippen molar-refractivity contribution >= 4 is 17.6 Å². The number of halogens is 1. The largest absolute Gasteiger partial charge is 0.378 e. The topological polar surface area (TPSA) is 15.6 Å². The maximum Gasteiger partial charge on any atom is 0.123 e. The van der Waals surface area contributed by atoms with E-state index in [1.807, 2.05) is 43.3 Å². The number of hydrogen-bond donors (Lipinski definition) is 0. The molecule has 2 aromatic rings. The third-order valence-electron chi connectivity index (χ3n) is 2.60. The average molecular weight is 242 g/mol. The summed E-state index contributed by atoms with van der Waals surface area (Å²) < 4.78 is 12.7. The zero-order chi connectivity index (χ0) is 13.0. The first kappa shape index (κ1) is 12.3. The van der Waals surface area contributed by atoms with Crippen LogP contribution in [0.2, 0.25) is 0 Å². The van der Waals surface area contributed by atoms with Gasteiger partial charge < -0.3 is 4.90 Å². The fourth-order valence-electron chi connectivity index (χ4n) is 1.53. The Morgan fingerprint density at radius 3 is 2.11 bits per heavy atom. The minimum Gasteiger partial charge on any atom is -0.378 e. The Labute approximate surface area is 106 Å². The lowest BCUT2D eigenvalue weighted by molar-refractivity contribution is 0.628. The monoisotopic (exact) mass is 242 g/mol. The Balaban J connectivity index is 2.11. The summed E-state index contributed by atoms with van der Waals surface area (Å²) in [7, 11) is 3.99. The van der Waals surface area contributed by atoms with Crippen LogP contribution in [0.15, 0.2) is 53.5 Å². The molecule has 0 spiro atoms. The van der Waals surface area contributed by atoms with Crippen LogP contribution in [0.5, 0.6) is 0 Å². The van der Waals surface area contributed by atoms with Crippen LogP contribution in [0.1, 0.15) is 5.56 Å². The van der Waals surface area contributed by atoms with E-state index in [0.29, 0.717) is 0 Å². The van der Waals surface area contributed by atoms with Crippen molar-refractivity contribution in [1.82, 2.24) is 0 Å². The summed E-state index contributed by atoms with van der Waals surface area (Å²) in [5, 5.41) is 0. The van der Waals surface area contributed by atoms with Crippen LogP contribution >= 0.6 is 0 Å². The summed E-state index contributed by atoms with van der Waals surface area (Å²) in [4.78, 5) is 6.38. The molecule has 0 radical (unpaired) electrons. The molecule has 2 rings (SSSR count). The van der Waals surface area contributed by atoms with Crippen LogP contribution in [0.25, 0.3) is 0 Å². The molecule has 0 unspecified atom stereocenters. The lowest BCUT2D eigenvalue weighted by atomic mass is 10.2. The average Bonchev–Trinajstić information content (AvgIpc) is 2.38. The molecule has 0 aromatic heterocycles. The molecule has 0 aliphatic rings. The summed E-state index contributed by atoms with van der Waals surface area (Å²) in [5.74, 6) is -0.234. The van der Waals surface area contributed by atoms with Gasteiger partial charge in [0.15, 0.2) is 0 Å². The van der Waals surface area contributed by atoms with Gasteiger partial charge in [-0.25, -0.2) is 4.39 Å². The molecular formula is C15H15FN2. The van der Waals surface area contributed by atoms with Gasteiger partial charge in [0.1, 0.15) is 5.82 Å². The van der Waals surface area contributed by atoms with E-state index >= 15 is 0 Å². The summed E-state index contributed by atoms with van der Waals surface area (Å²) >= 11 is 0. The normalized spacial score (nSPS) is 10.8. The molecule has 0 amide bonds. The van der Waals surface area contributed by atoms with E-state index < -0.39 is 0 Å². The SMILES string of the molecule is CN(C)c1ccc(/N=C/c2ccc(F)cc2)cc1. The highest BCUT2D eigenvalue weighted by molar-refractivity contribution is 5.81. The zero-order valence-electron chi connectivity index (χ0n) is 10.5. The first-order chi connectivity index (χ1) is 8.65. The van der Waals surface area contributed by atoms with E-state index in [4.69, 9.17) is 0 Å². The van der Waals surface area contributed by atoms with Crippen LogP contribution in [-0.2, 0) is 0 Å². The van der Waals surface area contributed by atoms with Crippen LogP contribution in [-0.4, -0.2) is 20.3 Å². The van der Waals surface area contributed by atoms with E-state index in [-0.39, 0.29) is 5.82 Å². The molecule has 0 bridgehead atoms. The maximum absolute atomic E-state index is 12.7. The number of aliphatic imine (C=N–C) groups is 1. The fourth-order valence-corrected chi connectivity index (χ4v) is 1.53. The number of anilines is 1. The molecule has 2 nitrogen and oxygen atoms in total. The van der Waals surface area contributed by atoms with Crippen molar-refractivity contribution in [3.63, 3.8) is 0 Å². The number of benzene rings is 2. The molecular weight excluding hydrogens is 227 g/mol. The lowest BCUT2D eigenvalue weighted by Gasteiger charge is -2.11. The smallest absolute Gasteiger partial charge is 0.123 e. The minimum atomic E-state index is -0.234. The van der Waals surface area contributed by atoms with Gasteiger partial charge in [-0.15, -0.1) is 0 Å². The second-order valence-corrected chi connectivity index (χ2v) is 4.22. The van der Waals surface area contributed by atoms with Gasteiger partial charge in [-0.2, -0.15) is 0 Å². The van der Waals surface area contributed by atoms with Crippen LogP contribution in [0.3, 0.4) is 0 Å². The molecule has 0 fully saturated rings. The van der Waals surface area contributed by atoms with Gasteiger partial charge in [-0.3, -0.25) is 4.99 Å². The molecule has 0 aliphatic carbocycles. The molecule has 0 atom stereocenters. The molecule has 0 N–H and O–H groups in total. The van der Waals surface area contributed by atoms with Crippen LogP contribution in [0, 0.1) is 5.82 Å². The second-order valence-electron chi connectivity index (χ2n) is 4.22. The third-order valence-corrected chi connectivity index (χ3v) is 2.60. The Morgan fingerprint density at radius 2 is 1.56 bits per heavy atom. The Kier molecular flexibility index (Phi) is 3.72. The van der Waals surface area contributed by atoms with Crippen LogP contribution in [0.4, 0.5) is 15.8 Å². The quantitative estimate of drug-likeness (QED) is 0.750. The predicted octanol–water partition coefficient (Wildman–Crippen LogP) is 3.64. The van der Waals surface area contributed by atoms with Gasteiger partial charge >= 0.3 is 0 Å². The zero-order valence-corrected chi connectivity index (χ0v) is 10.5. The maximum atomic E-state index is 12.7. The van der Waals surface area contributed by atoms with Crippen molar-refractivity contribution in [2.24, 2.45) is 4.99 Å². The van der Waals surface area contributed by atoms with Gasteiger partial charge in [0.2, 0.25) is 0 Å². The summed E-state index contributed by atoms with van der Waals surface area (Å²) in [6.45, 7) is 0. The van der Waals surface area contributed by atoms with Crippen molar-refractivity contribution in [2.75, 3.05) is 19.0 Å². The van der Waals surface area contributed by atoms with E-state index in [2.05, 4.69) is 4.99 Å². The van der Waals surface area contributed by atoms with Gasteiger partial charge in [0.05, 0.1) is 5.69 Å². The highest BCUT2D eigenvalue weighted by Gasteiger charge is 1.94. The van der Waals surface area contributed by atoms with Crippen molar-refractivity contribution in [3.05, 3.63) is 59.9 Å². The fraction of sp³-hybridized carbons (Fsp3) is 0.133. The van der Waals surface area contributed by atoms with E-state index in [1.165, 1.54) is 12.1 Å². The Morgan fingerprint density at radius 1 is 0.944 bits per heavy atom. The summed E-state index contributed by atoms with van der Waals surface area (Å²) in [6, 6.07) is 14.2. The number of rotatable bonds is 3. The molecule has 3 heteroatoms. The summed E-state index contributed by atoms with van der Waals surface area (Å²) in [6.07, 6.45) is 1.73. The number of hydrogen-bond acceptors (Lipinski definition) is 2. The van der Waals surface area contributed by atoms with Crippen molar-refractivity contribution in [1.29, 1.82) is 0 Å². The van der Waals surface area contributed by atoms with Gasteiger partial charge in [-0.05, 0) is 42.0 Å². The molecule has 0 heterocycles. The van der Waals surface area contributed by atoms with E-state index in [0.717, 1.165) is 16.9 Å². The highest BCUT2D eigenvalue weighted by atomic mass is 19.1. The first-order valence-electron chi connectivity index (χ1n) is 5.72. The van der Waals surface area contributed by atoms with Gasteiger partial charge in [-0.1, -0.05) is 12.1 Å². The standard InChI is InChI=1S/C15H15FN2/c1-18(2)15-9-7-14(8-10-15)17-11-12-3-5-13(16)6-4-12/h3-11H,1-2H3/b17-11+. The second kappa shape index (κ2) is 5.45. The molecule has 2 aromatic carbocycles. The van der Waals surface area contributed by atoms with Gasteiger partial charge in [0, 0.05) is 26.0 Å². The molecule has 0 aliphatic heterocycles. The molecule has 0 saturated carbocycles. The highest BCUT2D eigenvalue weighted by Crippen LogP contribution is 2.17. The predicted molar refractivity (Wildman–Crippen MR) is 74.4 cm³/mol. The summed E-state index contributed by atoms with van der Waals surface area (Å²) in [5.41, 5.74) is 2.90. The van der Waals surface area contributed by atoms with Crippen LogP contribution < -0.4 is 4.90 Å².